The average Bonchev–Trinajstić information content (AvgIpc) is 3.21. The Hall–Kier alpha value is -3.05. The minimum atomic E-state index is -4.69. The summed E-state index contributed by atoms with van der Waals surface area (Å²) in [5.74, 6) is -1.32. The molecule has 2 aromatic carbocycles. The second-order valence-electron chi connectivity index (χ2n) is 6.67. The van der Waals surface area contributed by atoms with Crippen molar-refractivity contribution in [3.05, 3.63) is 65.2 Å². The normalized spacial score (nSPS) is 11.9. The number of carboxylic acid groups (broad SMARTS) is 1. The summed E-state index contributed by atoms with van der Waals surface area (Å²) in [6.45, 7) is 1.68. The van der Waals surface area contributed by atoms with Gasteiger partial charge in [-0.15, -0.1) is 0 Å². The summed E-state index contributed by atoms with van der Waals surface area (Å²) in [6.07, 6.45) is -4.42. The number of hydrogen-bond donors (Lipinski definition) is 2. The molecule has 0 fully saturated rings. The van der Waals surface area contributed by atoms with E-state index in [1.54, 1.807) is 19.1 Å². The number of rotatable bonds is 7. The number of hydrogen-bond acceptors (Lipinski definition) is 5. The highest BCUT2D eigenvalue weighted by Crippen LogP contribution is 2.41. The number of aryl methyl sites for hydroxylation is 1. The Morgan fingerprint density at radius 1 is 1.12 bits per heavy atom. The summed E-state index contributed by atoms with van der Waals surface area (Å²) in [4.78, 5) is 11.5. The molecule has 0 amide bonds. The van der Waals surface area contributed by atoms with Crippen molar-refractivity contribution in [2.24, 2.45) is 0 Å². The van der Waals surface area contributed by atoms with Gasteiger partial charge in [-0.1, -0.05) is 30.4 Å². The number of benzene rings is 2. The topological polar surface area (TPSA) is 92.7 Å². The lowest BCUT2D eigenvalue weighted by Gasteiger charge is -2.16. The minimum Gasteiger partial charge on any atom is -0.487 e. The first-order valence-corrected chi connectivity index (χ1v) is 11.5. The van der Waals surface area contributed by atoms with Gasteiger partial charge in [0, 0.05) is 10.4 Å². The molecule has 0 aliphatic rings. The average molecular weight is 486 g/mol. The summed E-state index contributed by atoms with van der Waals surface area (Å²) in [5, 5.41) is 9.72. The second kappa shape index (κ2) is 8.83. The standard InChI is InChI=1S/C21H18F3NO5S2/c1-3-12-4-5-13(20(26)27)10-18(12)32(28,29)25-16-11-14(21(22,23)24)6-7-15(16)17-8-9-19(30-2)31-17/h4-11,25H,3H2,1-2H3,(H,26,27). The summed E-state index contributed by atoms with van der Waals surface area (Å²) in [6, 6.07) is 9.61. The van der Waals surface area contributed by atoms with E-state index in [4.69, 9.17) is 4.74 Å². The van der Waals surface area contributed by atoms with Crippen molar-refractivity contribution < 1.29 is 36.2 Å². The fourth-order valence-corrected chi connectivity index (χ4v) is 5.29. The molecule has 1 heterocycles. The molecular formula is C21H18F3NO5S2. The number of aromatic carboxylic acids is 1. The van der Waals surface area contributed by atoms with Gasteiger partial charge in [0.15, 0.2) is 5.06 Å². The Morgan fingerprint density at radius 3 is 2.41 bits per heavy atom. The van der Waals surface area contributed by atoms with Crippen LogP contribution in [0.1, 0.15) is 28.4 Å². The third-order valence-electron chi connectivity index (χ3n) is 4.62. The van der Waals surface area contributed by atoms with Gasteiger partial charge in [-0.3, -0.25) is 4.72 Å². The van der Waals surface area contributed by atoms with E-state index in [1.165, 1.54) is 25.3 Å². The number of sulfonamides is 1. The zero-order valence-electron chi connectivity index (χ0n) is 16.9. The Balaban J connectivity index is 2.16. The Morgan fingerprint density at radius 2 is 1.84 bits per heavy atom. The van der Waals surface area contributed by atoms with E-state index in [2.05, 4.69) is 4.72 Å². The number of halogens is 3. The van der Waals surface area contributed by atoms with E-state index in [0.29, 0.717) is 21.6 Å². The van der Waals surface area contributed by atoms with Gasteiger partial charge in [-0.25, -0.2) is 13.2 Å². The van der Waals surface area contributed by atoms with Gasteiger partial charge in [-0.05, 0) is 48.4 Å². The molecule has 2 N–H and O–H groups in total. The molecule has 0 bridgehead atoms. The highest BCUT2D eigenvalue weighted by Gasteiger charge is 2.32. The van der Waals surface area contributed by atoms with E-state index < -0.39 is 27.7 Å². The molecule has 1 aromatic heterocycles. The predicted octanol–water partition coefficient (Wildman–Crippen LogP) is 5.50. The number of ether oxygens (including phenoxy) is 1. The Labute approximate surface area is 186 Å². The van der Waals surface area contributed by atoms with Gasteiger partial charge in [0.1, 0.15) is 0 Å². The number of nitrogens with one attached hydrogen (secondary N) is 1. The summed E-state index contributed by atoms with van der Waals surface area (Å²) in [5.41, 5.74) is -1.02. The maximum atomic E-state index is 13.3. The van der Waals surface area contributed by atoms with Gasteiger partial charge in [0.05, 0.1) is 28.8 Å². The molecule has 0 unspecified atom stereocenters. The molecule has 0 spiro atoms. The Kier molecular flexibility index (Phi) is 6.51. The fourth-order valence-electron chi connectivity index (χ4n) is 3.02. The van der Waals surface area contributed by atoms with Crippen molar-refractivity contribution in [1.82, 2.24) is 0 Å². The molecule has 3 rings (SSSR count). The third kappa shape index (κ3) is 4.89. The smallest absolute Gasteiger partial charge is 0.416 e. The first kappa shape index (κ1) is 23.6. The van der Waals surface area contributed by atoms with Gasteiger partial charge in [0.25, 0.3) is 10.0 Å². The number of thiophene rings is 1. The van der Waals surface area contributed by atoms with E-state index in [9.17, 15) is 31.5 Å². The molecule has 6 nitrogen and oxygen atoms in total. The predicted molar refractivity (Wildman–Crippen MR) is 115 cm³/mol. The number of methoxy groups -OCH3 is 1. The molecule has 0 radical (unpaired) electrons. The van der Waals surface area contributed by atoms with Crippen molar-refractivity contribution in [3.8, 4) is 15.5 Å². The monoisotopic (exact) mass is 485 g/mol. The van der Waals surface area contributed by atoms with Gasteiger partial charge in [0.2, 0.25) is 0 Å². The SMILES string of the molecule is CCc1ccc(C(=O)O)cc1S(=O)(=O)Nc1cc(C(F)(F)F)ccc1-c1ccc(OC)s1. The van der Waals surface area contributed by atoms with Crippen LogP contribution in [0.15, 0.2) is 53.4 Å². The molecule has 3 aromatic rings. The first-order chi connectivity index (χ1) is 15.0. The quantitative estimate of drug-likeness (QED) is 0.461. The van der Waals surface area contributed by atoms with Crippen LogP contribution < -0.4 is 9.46 Å². The van der Waals surface area contributed by atoms with Crippen LogP contribution in [-0.2, 0) is 22.6 Å². The maximum Gasteiger partial charge on any atom is 0.416 e. The fraction of sp³-hybridized carbons (Fsp3) is 0.190. The van der Waals surface area contributed by atoms with Crippen LogP contribution in [0.4, 0.5) is 18.9 Å². The molecule has 11 heteroatoms. The van der Waals surface area contributed by atoms with Crippen LogP contribution >= 0.6 is 11.3 Å². The van der Waals surface area contributed by atoms with Crippen LogP contribution in [0.5, 0.6) is 5.06 Å². The lowest BCUT2D eigenvalue weighted by Crippen LogP contribution is -2.17. The zero-order chi connectivity index (χ0) is 23.7. The van der Waals surface area contributed by atoms with E-state index in [0.717, 1.165) is 23.5 Å². The highest BCUT2D eigenvalue weighted by atomic mass is 32.2. The Bertz CT molecular complexity index is 1270. The van der Waals surface area contributed by atoms with Gasteiger partial charge in [-0.2, -0.15) is 13.2 Å². The number of anilines is 1. The van der Waals surface area contributed by atoms with Crippen molar-refractivity contribution in [3.63, 3.8) is 0 Å². The molecular weight excluding hydrogens is 467 g/mol. The molecule has 0 saturated heterocycles. The number of carboxylic acids is 1. The van der Waals surface area contributed by atoms with Gasteiger partial charge >= 0.3 is 12.1 Å². The molecule has 32 heavy (non-hydrogen) atoms. The minimum absolute atomic E-state index is 0.224. The van der Waals surface area contributed by atoms with Crippen molar-refractivity contribution in [1.29, 1.82) is 0 Å². The number of carbonyl (C=O) groups is 1. The molecule has 0 saturated carbocycles. The highest BCUT2D eigenvalue weighted by molar-refractivity contribution is 7.92. The van der Waals surface area contributed by atoms with Crippen molar-refractivity contribution in [2.75, 3.05) is 11.8 Å². The summed E-state index contributed by atoms with van der Waals surface area (Å²) < 4.78 is 73.6. The lowest BCUT2D eigenvalue weighted by molar-refractivity contribution is -0.137. The molecule has 0 aliphatic heterocycles. The summed E-state index contributed by atoms with van der Waals surface area (Å²) >= 11 is 1.13. The van der Waals surface area contributed by atoms with E-state index >= 15 is 0 Å². The first-order valence-electron chi connectivity index (χ1n) is 9.20. The molecule has 0 atom stereocenters. The summed E-state index contributed by atoms with van der Waals surface area (Å²) in [7, 11) is -2.97. The molecule has 170 valence electrons. The van der Waals surface area contributed by atoms with Crippen LogP contribution in [-0.4, -0.2) is 26.6 Å². The van der Waals surface area contributed by atoms with Gasteiger partial charge < -0.3 is 9.84 Å². The zero-order valence-corrected chi connectivity index (χ0v) is 18.5. The van der Waals surface area contributed by atoms with Crippen LogP contribution in [0.3, 0.4) is 0 Å². The molecule has 0 aliphatic carbocycles. The van der Waals surface area contributed by atoms with Crippen LogP contribution in [0.2, 0.25) is 0 Å². The largest absolute Gasteiger partial charge is 0.487 e. The second-order valence-corrected chi connectivity index (χ2v) is 9.36. The van der Waals surface area contributed by atoms with Crippen molar-refractivity contribution >= 4 is 33.0 Å². The van der Waals surface area contributed by atoms with Crippen molar-refractivity contribution in [2.45, 2.75) is 24.4 Å². The maximum absolute atomic E-state index is 13.3. The van der Waals surface area contributed by atoms with E-state index in [1.807, 2.05) is 0 Å². The van der Waals surface area contributed by atoms with Crippen LogP contribution in [0.25, 0.3) is 10.4 Å². The number of alkyl halides is 3. The van der Waals surface area contributed by atoms with Crippen LogP contribution in [0, 0.1) is 0 Å². The van der Waals surface area contributed by atoms with E-state index in [-0.39, 0.29) is 28.1 Å². The third-order valence-corrected chi connectivity index (χ3v) is 7.15. The lowest BCUT2D eigenvalue weighted by atomic mass is 10.1.